The van der Waals surface area contributed by atoms with Crippen LogP contribution in [0.5, 0.6) is 0 Å². The quantitative estimate of drug-likeness (QED) is 0.809. The summed E-state index contributed by atoms with van der Waals surface area (Å²) in [5.74, 6) is -0.280. The maximum Gasteiger partial charge on any atom is 0.333 e. The summed E-state index contributed by atoms with van der Waals surface area (Å²) in [6.45, 7) is 2.10. The Kier molecular flexibility index (Phi) is 5.20. The van der Waals surface area contributed by atoms with Gasteiger partial charge >= 0.3 is 5.97 Å². The molecule has 0 aliphatic carbocycles. The van der Waals surface area contributed by atoms with E-state index in [-0.39, 0.29) is 5.97 Å². The number of benzene rings is 1. The summed E-state index contributed by atoms with van der Waals surface area (Å²) in [5.41, 5.74) is 0.884. The molecule has 5 heteroatoms. The third-order valence-corrected chi connectivity index (χ3v) is 4.73. The molecule has 0 fully saturated rings. The zero-order valence-corrected chi connectivity index (χ0v) is 13.8. The molecule has 1 atom stereocenters. The zero-order valence-electron chi connectivity index (χ0n) is 11.4. The van der Waals surface area contributed by atoms with E-state index in [1.165, 1.54) is 12.0 Å². The number of nitrogens with one attached hydrogen (secondary N) is 1. The third-order valence-electron chi connectivity index (χ3n) is 2.91. The van der Waals surface area contributed by atoms with Crippen LogP contribution >= 0.6 is 27.3 Å². The minimum Gasteiger partial charge on any atom is -0.467 e. The smallest absolute Gasteiger partial charge is 0.333 e. The summed E-state index contributed by atoms with van der Waals surface area (Å²) in [6, 6.07) is 11.3. The van der Waals surface area contributed by atoms with Crippen LogP contribution in [0.3, 0.4) is 0 Å². The molecule has 1 aromatic carbocycles. The molecule has 1 unspecified atom stereocenters. The molecule has 1 heterocycles. The first-order chi connectivity index (χ1) is 9.63. The van der Waals surface area contributed by atoms with E-state index in [2.05, 4.69) is 34.2 Å². The minimum atomic E-state index is -0.466. The number of ether oxygens (including phenoxy) is 1. The van der Waals surface area contributed by atoms with Gasteiger partial charge in [0, 0.05) is 19.9 Å². The lowest BCUT2D eigenvalue weighted by atomic mass is 10.2. The van der Waals surface area contributed by atoms with Gasteiger partial charge < -0.3 is 10.1 Å². The number of carbonyl (C=O) groups is 1. The second kappa shape index (κ2) is 6.90. The summed E-state index contributed by atoms with van der Waals surface area (Å²) >= 11 is 5.03. The number of halogens is 1. The molecule has 20 heavy (non-hydrogen) atoms. The van der Waals surface area contributed by atoms with Gasteiger partial charge in [0.1, 0.15) is 0 Å². The lowest BCUT2D eigenvalue weighted by Crippen LogP contribution is -2.21. The Labute approximate surface area is 131 Å². The molecule has 2 rings (SSSR count). The van der Waals surface area contributed by atoms with E-state index in [0.29, 0.717) is 0 Å². The van der Waals surface area contributed by atoms with Crippen LogP contribution in [-0.4, -0.2) is 13.1 Å². The number of esters is 1. The van der Waals surface area contributed by atoms with Crippen LogP contribution < -0.4 is 5.32 Å². The number of hydrogen-bond donors (Lipinski definition) is 1. The molecule has 0 bridgehead atoms. The van der Waals surface area contributed by atoms with Crippen molar-refractivity contribution < 1.29 is 9.53 Å². The van der Waals surface area contributed by atoms with Crippen LogP contribution in [0.25, 0.3) is 0 Å². The largest absolute Gasteiger partial charge is 0.467 e. The van der Waals surface area contributed by atoms with Gasteiger partial charge in [-0.05, 0) is 42.8 Å². The fraction of sp³-hybridized carbons (Fsp3) is 0.267. The van der Waals surface area contributed by atoms with E-state index < -0.39 is 6.04 Å². The summed E-state index contributed by atoms with van der Waals surface area (Å²) < 4.78 is 5.90. The van der Waals surface area contributed by atoms with Crippen LogP contribution in [0.15, 0.2) is 40.9 Å². The van der Waals surface area contributed by atoms with Gasteiger partial charge in [-0.3, -0.25) is 0 Å². The second-order valence-electron chi connectivity index (χ2n) is 4.27. The maximum atomic E-state index is 12.0. The standard InChI is InChI=1S/C15H16BrNO2S/c1-3-12-8-9-13(20-12)14(15(18)19-2)17-11-6-4-10(16)5-7-11/h4-9,14,17H,3H2,1-2H3. The van der Waals surface area contributed by atoms with Crippen molar-refractivity contribution in [3.8, 4) is 0 Å². The summed E-state index contributed by atoms with van der Waals surface area (Å²) in [7, 11) is 1.41. The number of anilines is 1. The normalized spacial score (nSPS) is 11.9. The average Bonchev–Trinajstić information content (AvgIpc) is 2.94. The van der Waals surface area contributed by atoms with Crippen molar-refractivity contribution in [2.45, 2.75) is 19.4 Å². The lowest BCUT2D eigenvalue weighted by molar-refractivity contribution is -0.141. The van der Waals surface area contributed by atoms with Crippen LogP contribution in [0.4, 0.5) is 5.69 Å². The number of rotatable bonds is 5. The van der Waals surface area contributed by atoms with E-state index in [4.69, 9.17) is 4.74 Å². The molecule has 0 saturated heterocycles. The highest BCUT2D eigenvalue weighted by molar-refractivity contribution is 9.10. The first kappa shape index (κ1) is 15.1. The Balaban J connectivity index is 2.23. The highest BCUT2D eigenvalue weighted by atomic mass is 79.9. The van der Waals surface area contributed by atoms with E-state index in [1.54, 1.807) is 11.3 Å². The van der Waals surface area contributed by atoms with Crippen molar-refractivity contribution in [2.24, 2.45) is 0 Å². The fourth-order valence-electron chi connectivity index (χ4n) is 1.82. The topological polar surface area (TPSA) is 38.3 Å². The number of hydrogen-bond acceptors (Lipinski definition) is 4. The van der Waals surface area contributed by atoms with Crippen LogP contribution in [0.1, 0.15) is 22.7 Å². The molecule has 0 amide bonds. The first-order valence-corrected chi connectivity index (χ1v) is 7.93. The highest BCUT2D eigenvalue weighted by Gasteiger charge is 2.23. The van der Waals surface area contributed by atoms with Crippen molar-refractivity contribution in [1.29, 1.82) is 0 Å². The molecule has 1 N–H and O–H groups in total. The molecule has 3 nitrogen and oxygen atoms in total. The monoisotopic (exact) mass is 353 g/mol. The number of thiophene rings is 1. The van der Waals surface area contributed by atoms with E-state index in [0.717, 1.165) is 21.5 Å². The van der Waals surface area contributed by atoms with Crippen molar-refractivity contribution in [2.75, 3.05) is 12.4 Å². The highest BCUT2D eigenvalue weighted by Crippen LogP contribution is 2.28. The summed E-state index contributed by atoms with van der Waals surface area (Å²) in [6.07, 6.45) is 0.969. The Hall–Kier alpha value is -1.33. The van der Waals surface area contributed by atoms with Gasteiger partial charge in [-0.2, -0.15) is 0 Å². The van der Waals surface area contributed by atoms with Crippen molar-refractivity contribution in [3.63, 3.8) is 0 Å². The summed E-state index contributed by atoms with van der Waals surface area (Å²) in [5, 5.41) is 3.23. The third kappa shape index (κ3) is 3.61. The second-order valence-corrected chi connectivity index (χ2v) is 6.38. The zero-order chi connectivity index (χ0) is 14.5. The molecule has 0 spiro atoms. The van der Waals surface area contributed by atoms with Crippen LogP contribution in [0.2, 0.25) is 0 Å². The fourth-order valence-corrected chi connectivity index (χ4v) is 3.07. The number of aryl methyl sites for hydroxylation is 1. The van der Waals surface area contributed by atoms with Gasteiger partial charge in [0.2, 0.25) is 0 Å². The van der Waals surface area contributed by atoms with Gasteiger partial charge in [0.05, 0.1) is 7.11 Å². The molecular weight excluding hydrogens is 338 g/mol. The van der Waals surface area contributed by atoms with Crippen molar-refractivity contribution in [1.82, 2.24) is 0 Å². The molecule has 1 aromatic heterocycles. The maximum absolute atomic E-state index is 12.0. The minimum absolute atomic E-state index is 0.280. The predicted molar refractivity (Wildman–Crippen MR) is 86.2 cm³/mol. The van der Waals surface area contributed by atoms with Gasteiger partial charge in [-0.15, -0.1) is 11.3 Å². The SMILES string of the molecule is CCc1ccc(C(Nc2ccc(Br)cc2)C(=O)OC)s1. The Morgan fingerprint density at radius 3 is 2.55 bits per heavy atom. The molecular formula is C15H16BrNO2S. The molecule has 0 aliphatic rings. The predicted octanol–water partition coefficient (Wildman–Crippen LogP) is 4.40. The van der Waals surface area contributed by atoms with Gasteiger partial charge in [-0.1, -0.05) is 22.9 Å². The van der Waals surface area contributed by atoms with Crippen molar-refractivity contribution >= 4 is 38.9 Å². The van der Waals surface area contributed by atoms with E-state index >= 15 is 0 Å². The Bertz CT molecular complexity index is 580. The number of methoxy groups -OCH3 is 1. The van der Waals surface area contributed by atoms with Gasteiger partial charge in [-0.25, -0.2) is 4.79 Å². The molecule has 0 saturated carbocycles. The molecule has 2 aromatic rings. The number of carbonyl (C=O) groups excluding carboxylic acids is 1. The average molecular weight is 354 g/mol. The molecule has 106 valence electrons. The lowest BCUT2D eigenvalue weighted by Gasteiger charge is -2.16. The molecule has 0 aliphatic heterocycles. The van der Waals surface area contributed by atoms with Crippen molar-refractivity contribution in [3.05, 3.63) is 50.6 Å². The Morgan fingerprint density at radius 2 is 2.00 bits per heavy atom. The van der Waals surface area contributed by atoms with Crippen LogP contribution in [-0.2, 0) is 16.0 Å². The van der Waals surface area contributed by atoms with E-state index in [1.807, 2.05) is 30.3 Å². The Morgan fingerprint density at radius 1 is 1.30 bits per heavy atom. The van der Waals surface area contributed by atoms with Gasteiger partial charge in [0.15, 0.2) is 6.04 Å². The molecule has 0 radical (unpaired) electrons. The van der Waals surface area contributed by atoms with E-state index in [9.17, 15) is 4.79 Å². The van der Waals surface area contributed by atoms with Gasteiger partial charge in [0.25, 0.3) is 0 Å². The summed E-state index contributed by atoms with van der Waals surface area (Å²) in [4.78, 5) is 14.2. The first-order valence-electron chi connectivity index (χ1n) is 6.32. The van der Waals surface area contributed by atoms with Crippen LogP contribution in [0, 0.1) is 0 Å².